The number of nitrogens with zero attached hydrogens (tertiary/aromatic N) is 1. The van der Waals surface area contributed by atoms with Crippen molar-refractivity contribution in [1.29, 1.82) is 0 Å². The predicted molar refractivity (Wildman–Crippen MR) is 59.6 cm³/mol. The van der Waals surface area contributed by atoms with E-state index in [0.29, 0.717) is 16.7 Å². The zero-order valence-electron chi connectivity index (χ0n) is 8.77. The summed E-state index contributed by atoms with van der Waals surface area (Å²) in [5.41, 5.74) is 1.45. The summed E-state index contributed by atoms with van der Waals surface area (Å²) in [6.07, 6.45) is 1.38. The van der Waals surface area contributed by atoms with Gasteiger partial charge in [-0.25, -0.2) is 4.98 Å². The molecule has 0 saturated heterocycles. The maximum absolute atomic E-state index is 13.5. The van der Waals surface area contributed by atoms with Crippen LogP contribution in [0.3, 0.4) is 0 Å². The summed E-state index contributed by atoms with van der Waals surface area (Å²) in [7, 11) is 0. The van der Waals surface area contributed by atoms with Crippen molar-refractivity contribution >= 4 is 5.78 Å². The van der Waals surface area contributed by atoms with E-state index < -0.39 is 5.95 Å². The van der Waals surface area contributed by atoms with Gasteiger partial charge in [0, 0.05) is 17.3 Å². The zero-order chi connectivity index (χ0) is 11.5. The Morgan fingerprint density at radius 3 is 2.50 bits per heavy atom. The first-order chi connectivity index (χ1) is 7.70. The summed E-state index contributed by atoms with van der Waals surface area (Å²) < 4.78 is 13.5. The van der Waals surface area contributed by atoms with Gasteiger partial charge in [0.1, 0.15) is 0 Å². The molecule has 1 aromatic carbocycles. The fourth-order valence-electron chi connectivity index (χ4n) is 1.61. The molecule has 80 valence electrons. The van der Waals surface area contributed by atoms with E-state index in [1.165, 1.54) is 13.1 Å². The van der Waals surface area contributed by atoms with Gasteiger partial charge in [0.15, 0.2) is 5.78 Å². The van der Waals surface area contributed by atoms with E-state index >= 15 is 0 Å². The molecule has 0 saturated carbocycles. The van der Waals surface area contributed by atoms with Gasteiger partial charge in [0.25, 0.3) is 0 Å². The van der Waals surface area contributed by atoms with Crippen molar-refractivity contribution in [3.8, 4) is 11.1 Å². The number of benzene rings is 1. The lowest BCUT2D eigenvalue weighted by Crippen LogP contribution is -1.97. The second-order valence-corrected chi connectivity index (χ2v) is 3.44. The second kappa shape index (κ2) is 4.23. The largest absolute Gasteiger partial charge is 0.294 e. The minimum Gasteiger partial charge on any atom is -0.294 e. The standard InChI is InChI=1S/C13H10FNO/c1-9(16)10-5-2-3-6-11(10)12-7-4-8-15-13(12)14/h2-8H,1H3. The van der Waals surface area contributed by atoms with E-state index in [-0.39, 0.29) is 5.78 Å². The quantitative estimate of drug-likeness (QED) is 0.569. The highest BCUT2D eigenvalue weighted by Gasteiger charge is 2.11. The molecule has 1 heterocycles. The van der Waals surface area contributed by atoms with Crippen LogP contribution in [0.2, 0.25) is 0 Å². The predicted octanol–water partition coefficient (Wildman–Crippen LogP) is 3.09. The van der Waals surface area contributed by atoms with Crippen LogP contribution in [-0.4, -0.2) is 10.8 Å². The third kappa shape index (κ3) is 1.84. The lowest BCUT2D eigenvalue weighted by atomic mass is 9.99. The Kier molecular flexibility index (Phi) is 2.77. The van der Waals surface area contributed by atoms with E-state index in [2.05, 4.69) is 4.98 Å². The number of carbonyl (C=O) groups is 1. The molecule has 1 aromatic heterocycles. The summed E-state index contributed by atoms with van der Waals surface area (Å²) in [4.78, 5) is 15.0. The Balaban J connectivity index is 2.65. The summed E-state index contributed by atoms with van der Waals surface area (Å²) >= 11 is 0. The number of halogens is 1. The van der Waals surface area contributed by atoms with Gasteiger partial charge >= 0.3 is 0 Å². The van der Waals surface area contributed by atoms with Gasteiger partial charge in [0.2, 0.25) is 5.95 Å². The highest BCUT2D eigenvalue weighted by molar-refractivity contribution is 6.00. The number of hydrogen-bond acceptors (Lipinski definition) is 2. The summed E-state index contributed by atoms with van der Waals surface area (Å²) in [6.45, 7) is 1.47. The first-order valence-corrected chi connectivity index (χ1v) is 4.91. The lowest BCUT2D eigenvalue weighted by molar-refractivity contribution is 0.101. The van der Waals surface area contributed by atoms with Crippen LogP contribution in [0.25, 0.3) is 11.1 Å². The average molecular weight is 215 g/mol. The maximum atomic E-state index is 13.5. The molecule has 0 spiro atoms. The molecule has 0 aliphatic rings. The normalized spacial score (nSPS) is 10.1. The Bertz CT molecular complexity index is 537. The van der Waals surface area contributed by atoms with Crippen molar-refractivity contribution in [1.82, 2.24) is 4.98 Å². The summed E-state index contributed by atoms with van der Waals surface area (Å²) in [6, 6.07) is 10.2. The molecule has 0 bridgehead atoms. The van der Waals surface area contributed by atoms with Crippen LogP contribution >= 0.6 is 0 Å². The number of pyridine rings is 1. The Hall–Kier alpha value is -2.03. The second-order valence-electron chi connectivity index (χ2n) is 3.44. The number of rotatable bonds is 2. The molecule has 0 unspecified atom stereocenters. The molecule has 0 atom stereocenters. The Morgan fingerprint density at radius 1 is 1.12 bits per heavy atom. The van der Waals surface area contributed by atoms with Gasteiger partial charge < -0.3 is 0 Å². The molecule has 2 rings (SSSR count). The minimum atomic E-state index is -0.559. The molecule has 2 aromatic rings. The fraction of sp³-hybridized carbons (Fsp3) is 0.0769. The number of ketones is 1. The van der Waals surface area contributed by atoms with Gasteiger partial charge in [-0.05, 0) is 24.6 Å². The molecule has 0 aliphatic carbocycles. The molecule has 0 aliphatic heterocycles. The van der Waals surface area contributed by atoms with Crippen molar-refractivity contribution in [2.24, 2.45) is 0 Å². The number of hydrogen-bond donors (Lipinski definition) is 0. The molecule has 2 nitrogen and oxygen atoms in total. The zero-order valence-corrected chi connectivity index (χ0v) is 8.77. The van der Waals surface area contributed by atoms with Crippen LogP contribution in [0.15, 0.2) is 42.6 Å². The van der Waals surface area contributed by atoms with Crippen molar-refractivity contribution in [2.45, 2.75) is 6.92 Å². The van der Waals surface area contributed by atoms with Crippen LogP contribution < -0.4 is 0 Å². The number of aromatic nitrogens is 1. The first-order valence-electron chi connectivity index (χ1n) is 4.91. The lowest BCUT2D eigenvalue weighted by Gasteiger charge is -2.06. The highest BCUT2D eigenvalue weighted by Crippen LogP contribution is 2.25. The van der Waals surface area contributed by atoms with E-state index in [0.717, 1.165) is 0 Å². The van der Waals surface area contributed by atoms with Crippen LogP contribution in [0, 0.1) is 5.95 Å². The van der Waals surface area contributed by atoms with E-state index in [9.17, 15) is 9.18 Å². The van der Waals surface area contributed by atoms with Gasteiger partial charge in [-0.2, -0.15) is 4.39 Å². The van der Waals surface area contributed by atoms with Gasteiger partial charge in [-0.1, -0.05) is 24.3 Å². The Morgan fingerprint density at radius 2 is 1.81 bits per heavy atom. The average Bonchev–Trinajstić information content (AvgIpc) is 2.29. The van der Waals surface area contributed by atoms with Crippen molar-refractivity contribution in [3.63, 3.8) is 0 Å². The summed E-state index contributed by atoms with van der Waals surface area (Å²) in [5.74, 6) is -0.643. The smallest absolute Gasteiger partial charge is 0.220 e. The van der Waals surface area contributed by atoms with Crippen LogP contribution in [0.4, 0.5) is 4.39 Å². The van der Waals surface area contributed by atoms with Crippen LogP contribution in [0.5, 0.6) is 0 Å². The monoisotopic (exact) mass is 215 g/mol. The maximum Gasteiger partial charge on any atom is 0.220 e. The molecular formula is C13H10FNO. The number of carbonyl (C=O) groups excluding carboxylic acids is 1. The fourth-order valence-corrected chi connectivity index (χ4v) is 1.61. The number of Topliss-reactive ketones (excluding diaryl/α,β-unsaturated/α-hetero) is 1. The highest BCUT2D eigenvalue weighted by atomic mass is 19.1. The Labute approximate surface area is 92.8 Å². The van der Waals surface area contributed by atoms with Crippen molar-refractivity contribution in [2.75, 3.05) is 0 Å². The molecule has 0 fully saturated rings. The molecule has 3 heteroatoms. The van der Waals surface area contributed by atoms with E-state index in [1.54, 1.807) is 36.4 Å². The van der Waals surface area contributed by atoms with Crippen LogP contribution in [0.1, 0.15) is 17.3 Å². The van der Waals surface area contributed by atoms with E-state index in [4.69, 9.17) is 0 Å². The molecule has 0 amide bonds. The van der Waals surface area contributed by atoms with Crippen molar-refractivity contribution in [3.05, 3.63) is 54.1 Å². The topological polar surface area (TPSA) is 30.0 Å². The molecule has 0 N–H and O–H groups in total. The van der Waals surface area contributed by atoms with Crippen LogP contribution in [-0.2, 0) is 0 Å². The van der Waals surface area contributed by atoms with Gasteiger partial charge in [-0.3, -0.25) is 4.79 Å². The molecule has 0 radical (unpaired) electrons. The third-order valence-electron chi connectivity index (χ3n) is 2.36. The van der Waals surface area contributed by atoms with Gasteiger partial charge in [-0.15, -0.1) is 0 Å². The molecule has 16 heavy (non-hydrogen) atoms. The SMILES string of the molecule is CC(=O)c1ccccc1-c1cccnc1F. The first kappa shape index (κ1) is 10.5. The third-order valence-corrected chi connectivity index (χ3v) is 2.36. The van der Waals surface area contributed by atoms with E-state index in [1.807, 2.05) is 0 Å². The van der Waals surface area contributed by atoms with Gasteiger partial charge in [0.05, 0.1) is 0 Å². The van der Waals surface area contributed by atoms with Crippen molar-refractivity contribution < 1.29 is 9.18 Å². The molecular weight excluding hydrogens is 205 g/mol. The minimum absolute atomic E-state index is 0.0844. The summed E-state index contributed by atoms with van der Waals surface area (Å²) in [5, 5.41) is 0.